The number of aliphatic hydroxyl groups excluding tert-OH is 1. The summed E-state index contributed by atoms with van der Waals surface area (Å²) in [6.07, 6.45) is 1.70. The molecule has 1 radical (unpaired) electrons. The number of nitrogens with one attached hydrogen (secondary N) is 2. The number of hydrogen-bond acceptors (Lipinski definition) is 13. The monoisotopic (exact) mass is 696 g/mol. The summed E-state index contributed by atoms with van der Waals surface area (Å²) >= 11 is 0. The van der Waals surface area contributed by atoms with Crippen molar-refractivity contribution >= 4 is 62.3 Å². The fourth-order valence-electron chi connectivity index (χ4n) is 3.62. The van der Waals surface area contributed by atoms with Gasteiger partial charge in [0.25, 0.3) is 13.2 Å². The van der Waals surface area contributed by atoms with Crippen LogP contribution in [0.3, 0.4) is 0 Å². The third kappa shape index (κ3) is 15.7. The number of nitrogens with two attached hydrogens (primary N) is 1. The molecule has 0 saturated carbocycles. The standard InChI is InChI=1S/C26H37BF2N3O8S4/c1-41-43-24(17-38-19-6-3-5-18(13-19)25(35)32-10-8-30)37-12-11-36-16-23(34)31-9-4-7-27-22-14-20(21(15-33)39-22)40-26(28,29)44-42-2/h3,5-6,13,20-22,24,33H,8-12,14-17,30H2,1-2H3,(H,31,34)(H,32,35)/t20-,21?,22-,24?/m1/s1. The molecular formula is C26H37BF2N3O8S4. The zero-order chi connectivity index (χ0) is 32.2. The summed E-state index contributed by atoms with van der Waals surface area (Å²) in [6.45, 7) is 0.786. The molecule has 11 nitrogen and oxygen atoms in total. The third-order valence-electron chi connectivity index (χ3n) is 5.50. The summed E-state index contributed by atoms with van der Waals surface area (Å²) in [6, 6.07) is 6.23. The van der Waals surface area contributed by atoms with Crippen LogP contribution in [-0.2, 0) is 23.7 Å². The molecule has 5 N–H and O–H groups in total. The first-order valence-electron chi connectivity index (χ1n) is 13.4. The van der Waals surface area contributed by atoms with Crippen LogP contribution in [0.2, 0.25) is 0 Å². The number of ether oxygens (including phenoxy) is 5. The van der Waals surface area contributed by atoms with Crippen molar-refractivity contribution in [3.8, 4) is 17.5 Å². The number of carbonyl (C=O) groups is 2. The van der Waals surface area contributed by atoms with E-state index in [1.165, 1.54) is 35.1 Å². The summed E-state index contributed by atoms with van der Waals surface area (Å²) in [5, 5.41) is 14.7. The molecule has 44 heavy (non-hydrogen) atoms. The number of rotatable bonds is 21. The van der Waals surface area contributed by atoms with Crippen LogP contribution in [0.5, 0.6) is 5.75 Å². The van der Waals surface area contributed by atoms with E-state index in [-0.39, 0.29) is 67.4 Å². The highest BCUT2D eigenvalue weighted by Crippen LogP contribution is 2.41. The Bertz CT molecular complexity index is 1080. The predicted molar refractivity (Wildman–Crippen MR) is 173 cm³/mol. The van der Waals surface area contributed by atoms with E-state index < -0.39 is 30.3 Å². The van der Waals surface area contributed by atoms with Gasteiger partial charge >= 0.3 is 5.44 Å². The van der Waals surface area contributed by atoms with Crippen molar-refractivity contribution < 1.29 is 47.2 Å². The molecule has 1 fully saturated rings. The predicted octanol–water partition coefficient (Wildman–Crippen LogP) is 1.96. The molecule has 0 bridgehead atoms. The van der Waals surface area contributed by atoms with Crippen LogP contribution < -0.4 is 21.1 Å². The Hall–Kier alpha value is -1.40. The van der Waals surface area contributed by atoms with Crippen LogP contribution in [0.15, 0.2) is 24.3 Å². The van der Waals surface area contributed by atoms with Gasteiger partial charge in [0.2, 0.25) is 5.91 Å². The highest BCUT2D eigenvalue weighted by Gasteiger charge is 2.43. The Balaban J connectivity index is 1.61. The van der Waals surface area contributed by atoms with Crippen molar-refractivity contribution in [1.29, 1.82) is 0 Å². The van der Waals surface area contributed by atoms with E-state index in [0.717, 1.165) is 10.8 Å². The van der Waals surface area contributed by atoms with Crippen molar-refractivity contribution in [2.24, 2.45) is 5.73 Å². The maximum atomic E-state index is 13.8. The number of amides is 2. The minimum atomic E-state index is -3.40. The molecule has 1 aliphatic rings. The van der Waals surface area contributed by atoms with Gasteiger partial charge < -0.3 is 45.2 Å². The number of aliphatic hydroxyl groups is 1. The van der Waals surface area contributed by atoms with Crippen LogP contribution in [0.25, 0.3) is 0 Å². The minimum absolute atomic E-state index is 0.0490. The van der Waals surface area contributed by atoms with E-state index in [0.29, 0.717) is 24.4 Å². The van der Waals surface area contributed by atoms with E-state index in [2.05, 4.69) is 22.4 Å². The smallest absolute Gasteiger partial charge is 0.418 e. The largest absolute Gasteiger partial charge is 0.490 e. The molecule has 0 spiro atoms. The second kappa shape index (κ2) is 22.2. The lowest BCUT2D eigenvalue weighted by Gasteiger charge is -2.22. The average molecular weight is 697 g/mol. The third-order valence-corrected chi connectivity index (χ3v) is 8.94. The maximum Gasteiger partial charge on any atom is 0.418 e. The molecule has 245 valence electrons. The lowest BCUT2D eigenvalue weighted by atomic mass is 9.71. The highest BCUT2D eigenvalue weighted by atomic mass is 33.1. The topological polar surface area (TPSA) is 151 Å². The summed E-state index contributed by atoms with van der Waals surface area (Å²) in [4.78, 5) is 24.1. The summed E-state index contributed by atoms with van der Waals surface area (Å²) < 4.78 is 54.8. The molecule has 18 heteroatoms. The Morgan fingerprint density at radius 3 is 2.82 bits per heavy atom. The molecule has 0 aliphatic carbocycles. The lowest BCUT2D eigenvalue weighted by Crippen LogP contribution is -2.33. The normalized spacial score (nSPS) is 18.6. The van der Waals surface area contributed by atoms with Gasteiger partial charge in [-0.05, 0) is 37.1 Å². The van der Waals surface area contributed by atoms with Crippen LogP contribution in [-0.4, -0.2) is 118 Å². The summed E-state index contributed by atoms with van der Waals surface area (Å²) in [7, 11) is 5.63. The first kappa shape index (κ1) is 38.8. The SMILES string of the molecule is CSSC(COc1cccc(C(=O)NCCN)c1)OCCOCC(=O)NCC#C[B][C@H]1C[C@@H](OC(F)(F)SSC)C(CO)O1. The highest BCUT2D eigenvalue weighted by molar-refractivity contribution is 8.77. The molecule has 0 aromatic heterocycles. The Morgan fingerprint density at radius 2 is 2.09 bits per heavy atom. The molecule has 1 heterocycles. The van der Waals surface area contributed by atoms with E-state index in [4.69, 9.17) is 29.4 Å². The number of alkyl halides is 2. The fraction of sp³-hybridized carbons (Fsp3) is 0.615. The van der Waals surface area contributed by atoms with Gasteiger partial charge in [-0.3, -0.25) is 9.59 Å². The lowest BCUT2D eigenvalue weighted by molar-refractivity contribution is -0.204. The van der Waals surface area contributed by atoms with Gasteiger partial charge in [-0.1, -0.05) is 44.4 Å². The van der Waals surface area contributed by atoms with Gasteiger partial charge in [-0.25, -0.2) is 0 Å². The molecule has 1 saturated heterocycles. The van der Waals surface area contributed by atoms with E-state index in [9.17, 15) is 23.5 Å². The van der Waals surface area contributed by atoms with Crippen molar-refractivity contribution in [3.05, 3.63) is 29.8 Å². The second-order valence-corrected chi connectivity index (χ2v) is 13.9. The zero-order valence-electron chi connectivity index (χ0n) is 24.3. The van der Waals surface area contributed by atoms with E-state index >= 15 is 0 Å². The first-order valence-corrected chi connectivity index (χ1v) is 18.6. The molecule has 1 aromatic rings. The molecule has 2 unspecified atom stereocenters. The van der Waals surface area contributed by atoms with Crippen molar-refractivity contribution in [2.75, 3.05) is 65.2 Å². The van der Waals surface area contributed by atoms with Gasteiger partial charge in [0.05, 0.1) is 32.5 Å². The van der Waals surface area contributed by atoms with Gasteiger partial charge in [0, 0.05) is 35.5 Å². The van der Waals surface area contributed by atoms with Crippen LogP contribution in [0.4, 0.5) is 8.78 Å². The minimum Gasteiger partial charge on any atom is -0.490 e. The van der Waals surface area contributed by atoms with Gasteiger partial charge in [0.15, 0.2) is 0 Å². The first-order chi connectivity index (χ1) is 21.2. The quantitative estimate of drug-likeness (QED) is 0.0488. The molecule has 1 aromatic carbocycles. The van der Waals surface area contributed by atoms with Gasteiger partial charge in [0.1, 0.15) is 30.5 Å². The molecule has 2 amide bonds. The van der Waals surface area contributed by atoms with Crippen LogP contribution >= 0.6 is 43.2 Å². The number of halogens is 2. The number of hydrogen-bond donors (Lipinski definition) is 4. The number of benzene rings is 1. The Labute approximate surface area is 272 Å². The Kier molecular flexibility index (Phi) is 19.6. The fourth-order valence-corrected chi connectivity index (χ4v) is 6.15. The maximum absolute atomic E-state index is 13.8. The van der Waals surface area contributed by atoms with Crippen LogP contribution in [0, 0.1) is 11.7 Å². The van der Waals surface area contributed by atoms with Crippen molar-refractivity contribution in [2.45, 2.75) is 35.5 Å². The summed E-state index contributed by atoms with van der Waals surface area (Å²) in [5.74, 6) is 5.39. The van der Waals surface area contributed by atoms with Crippen molar-refractivity contribution in [3.63, 3.8) is 0 Å². The van der Waals surface area contributed by atoms with E-state index in [1.54, 1.807) is 24.3 Å². The Morgan fingerprint density at radius 1 is 1.27 bits per heavy atom. The second-order valence-electron chi connectivity index (χ2n) is 8.76. The van der Waals surface area contributed by atoms with Gasteiger partial charge in [-0.2, -0.15) is 14.6 Å². The van der Waals surface area contributed by atoms with Gasteiger partial charge in [-0.15, -0.1) is 0 Å². The zero-order valence-corrected chi connectivity index (χ0v) is 27.6. The van der Waals surface area contributed by atoms with Crippen LogP contribution in [0.1, 0.15) is 16.8 Å². The molecule has 4 atom stereocenters. The molecule has 2 rings (SSSR count). The van der Waals surface area contributed by atoms with E-state index in [1.807, 2.05) is 6.26 Å². The molecular weight excluding hydrogens is 659 g/mol. The molecule has 1 aliphatic heterocycles. The summed E-state index contributed by atoms with van der Waals surface area (Å²) in [5.41, 5.74) is 2.18. The number of carbonyl (C=O) groups excluding carboxylic acids is 2. The average Bonchev–Trinajstić information content (AvgIpc) is 3.38. The van der Waals surface area contributed by atoms with Crippen molar-refractivity contribution in [1.82, 2.24) is 10.6 Å².